The van der Waals surface area contributed by atoms with Crippen LogP contribution in [0.15, 0.2) is 22.7 Å². The Bertz CT molecular complexity index is 361. The molecule has 1 unspecified atom stereocenters. The SMILES string of the molecule is CCN(CC(C)C)c1ccc(Br)cc1C(C)N. The van der Waals surface area contributed by atoms with Gasteiger partial charge in [-0.3, -0.25) is 0 Å². The molecule has 0 aliphatic heterocycles. The molecule has 0 radical (unpaired) electrons. The number of halogens is 1. The van der Waals surface area contributed by atoms with Crippen molar-refractivity contribution >= 4 is 21.6 Å². The maximum absolute atomic E-state index is 6.06. The summed E-state index contributed by atoms with van der Waals surface area (Å²) >= 11 is 3.51. The van der Waals surface area contributed by atoms with E-state index in [2.05, 4.69) is 59.8 Å². The van der Waals surface area contributed by atoms with Crippen LogP contribution in [-0.2, 0) is 0 Å². The highest BCUT2D eigenvalue weighted by Gasteiger charge is 2.13. The van der Waals surface area contributed by atoms with Gasteiger partial charge in [0.2, 0.25) is 0 Å². The predicted molar refractivity (Wildman–Crippen MR) is 79.5 cm³/mol. The topological polar surface area (TPSA) is 29.3 Å². The average molecular weight is 299 g/mol. The summed E-state index contributed by atoms with van der Waals surface area (Å²) in [6.45, 7) is 10.8. The van der Waals surface area contributed by atoms with E-state index in [4.69, 9.17) is 5.73 Å². The lowest BCUT2D eigenvalue weighted by atomic mass is 10.0. The second-order valence-corrected chi connectivity index (χ2v) is 5.84. The predicted octanol–water partition coefficient (Wildman–Crippen LogP) is 3.95. The summed E-state index contributed by atoms with van der Waals surface area (Å²) in [5.41, 5.74) is 8.53. The van der Waals surface area contributed by atoms with Crippen LogP contribution >= 0.6 is 15.9 Å². The van der Waals surface area contributed by atoms with E-state index < -0.39 is 0 Å². The molecule has 1 aromatic rings. The molecule has 0 aliphatic rings. The smallest absolute Gasteiger partial charge is 0.0415 e. The average Bonchev–Trinajstić information content (AvgIpc) is 2.25. The van der Waals surface area contributed by atoms with Crippen LogP contribution in [-0.4, -0.2) is 13.1 Å². The first kappa shape index (κ1) is 14.5. The van der Waals surface area contributed by atoms with Crippen LogP contribution in [0.4, 0.5) is 5.69 Å². The zero-order chi connectivity index (χ0) is 13.0. The third kappa shape index (κ3) is 4.00. The minimum atomic E-state index is 0.0590. The van der Waals surface area contributed by atoms with Crippen LogP contribution in [0, 0.1) is 5.92 Å². The van der Waals surface area contributed by atoms with Crippen molar-refractivity contribution in [1.82, 2.24) is 0 Å². The molecule has 2 nitrogen and oxygen atoms in total. The van der Waals surface area contributed by atoms with Gasteiger partial charge in [0.05, 0.1) is 0 Å². The van der Waals surface area contributed by atoms with E-state index in [9.17, 15) is 0 Å². The molecule has 1 aromatic carbocycles. The lowest BCUT2D eigenvalue weighted by molar-refractivity contribution is 0.615. The molecule has 0 aliphatic carbocycles. The number of hydrogen-bond acceptors (Lipinski definition) is 2. The van der Waals surface area contributed by atoms with Crippen molar-refractivity contribution in [3.63, 3.8) is 0 Å². The van der Waals surface area contributed by atoms with Gasteiger partial charge in [-0.2, -0.15) is 0 Å². The summed E-state index contributed by atoms with van der Waals surface area (Å²) in [5.74, 6) is 0.652. The minimum Gasteiger partial charge on any atom is -0.371 e. The first-order chi connectivity index (χ1) is 7.95. The number of benzene rings is 1. The van der Waals surface area contributed by atoms with Crippen LogP contribution in [0.5, 0.6) is 0 Å². The summed E-state index contributed by atoms with van der Waals surface area (Å²) in [6, 6.07) is 6.44. The molecule has 17 heavy (non-hydrogen) atoms. The van der Waals surface area contributed by atoms with Gasteiger partial charge in [0.15, 0.2) is 0 Å². The molecule has 0 bridgehead atoms. The Kier molecular flexibility index (Phi) is 5.47. The highest BCUT2D eigenvalue weighted by atomic mass is 79.9. The third-order valence-corrected chi connectivity index (χ3v) is 3.28. The van der Waals surface area contributed by atoms with E-state index in [1.165, 1.54) is 11.3 Å². The molecule has 1 atom stereocenters. The van der Waals surface area contributed by atoms with Gasteiger partial charge in [0, 0.05) is 29.3 Å². The van der Waals surface area contributed by atoms with Gasteiger partial charge in [-0.1, -0.05) is 29.8 Å². The summed E-state index contributed by atoms with van der Waals surface area (Å²) in [7, 11) is 0. The maximum atomic E-state index is 6.06. The zero-order valence-electron chi connectivity index (χ0n) is 11.2. The van der Waals surface area contributed by atoms with Gasteiger partial charge < -0.3 is 10.6 Å². The quantitative estimate of drug-likeness (QED) is 0.892. The highest BCUT2D eigenvalue weighted by Crippen LogP contribution is 2.29. The van der Waals surface area contributed by atoms with E-state index in [1.807, 2.05) is 6.92 Å². The molecule has 0 saturated heterocycles. The van der Waals surface area contributed by atoms with Crippen LogP contribution in [0.1, 0.15) is 39.3 Å². The monoisotopic (exact) mass is 298 g/mol. The number of anilines is 1. The summed E-state index contributed by atoms with van der Waals surface area (Å²) < 4.78 is 1.09. The number of rotatable bonds is 5. The van der Waals surface area contributed by atoms with Crippen molar-refractivity contribution in [2.75, 3.05) is 18.0 Å². The Hall–Kier alpha value is -0.540. The zero-order valence-corrected chi connectivity index (χ0v) is 12.8. The second kappa shape index (κ2) is 6.41. The molecular formula is C14H23BrN2. The van der Waals surface area contributed by atoms with Crippen molar-refractivity contribution in [3.8, 4) is 0 Å². The van der Waals surface area contributed by atoms with Gasteiger partial charge >= 0.3 is 0 Å². The molecule has 0 saturated carbocycles. The van der Waals surface area contributed by atoms with Crippen LogP contribution in [0.3, 0.4) is 0 Å². The lowest BCUT2D eigenvalue weighted by Crippen LogP contribution is -2.29. The fourth-order valence-electron chi connectivity index (χ4n) is 2.02. The number of hydrogen-bond donors (Lipinski definition) is 1. The molecule has 96 valence electrons. The summed E-state index contributed by atoms with van der Waals surface area (Å²) in [5, 5.41) is 0. The Morgan fingerprint density at radius 3 is 2.41 bits per heavy atom. The molecule has 0 amide bonds. The minimum absolute atomic E-state index is 0.0590. The lowest BCUT2D eigenvalue weighted by Gasteiger charge is -2.28. The van der Waals surface area contributed by atoms with Crippen LogP contribution < -0.4 is 10.6 Å². The van der Waals surface area contributed by atoms with Gasteiger partial charge in [-0.05, 0) is 43.5 Å². The van der Waals surface area contributed by atoms with Gasteiger partial charge in [0.1, 0.15) is 0 Å². The normalized spacial score (nSPS) is 12.9. The Morgan fingerprint density at radius 1 is 1.29 bits per heavy atom. The molecule has 0 spiro atoms. The molecule has 0 heterocycles. The van der Waals surface area contributed by atoms with Crippen LogP contribution in [0.2, 0.25) is 0 Å². The molecule has 0 fully saturated rings. The standard InChI is InChI=1S/C14H23BrN2/c1-5-17(9-10(2)3)14-7-6-12(15)8-13(14)11(4)16/h6-8,10-11H,5,9,16H2,1-4H3. The van der Waals surface area contributed by atoms with Crippen LogP contribution in [0.25, 0.3) is 0 Å². The molecule has 3 heteroatoms. The Balaban J connectivity index is 3.09. The van der Waals surface area contributed by atoms with Crippen molar-refractivity contribution < 1.29 is 0 Å². The van der Waals surface area contributed by atoms with E-state index >= 15 is 0 Å². The molecule has 1 rings (SSSR count). The van der Waals surface area contributed by atoms with E-state index in [0.717, 1.165) is 17.6 Å². The Labute approximate surface area is 113 Å². The number of nitrogens with two attached hydrogens (primary N) is 1. The first-order valence-electron chi connectivity index (χ1n) is 6.25. The van der Waals surface area contributed by atoms with Crippen molar-refractivity contribution in [3.05, 3.63) is 28.2 Å². The summed E-state index contributed by atoms with van der Waals surface area (Å²) in [6.07, 6.45) is 0. The van der Waals surface area contributed by atoms with Crippen molar-refractivity contribution in [2.45, 2.75) is 33.7 Å². The number of nitrogens with zero attached hydrogens (tertiary/aromatic N) is 1. The maximum Gasteiger partial charge on any atom is 0.0415 e. The Morgan fingerprint density at radius 2 is 1.94 bits per heavy atom. The molecule has 0 aromatic heterocycles. The van der Waals surface area contributed by atoms with Gasteiger partial charge in [-0.15, -0.1) is 0 Å². The second-order valence-electron chi connectivity index (χ2n) is 4.92. The molecule has 2 N–H and O–H groups in total. The summed E-state index contributed by atoms with van der Waals surface area (Å²) in [4.78, 5) is 2.40. The van der Waals surface area contributed by atoms with Crippen molar-refractivity contribution in [1.29, 1.82) is 0 Å². The fourth-order valence-corrected chi connectivity index (χ4v) is 2.40. The largest absolute Gasteiger partial charge is 0.371 e. The van der Waals surface area contributed by atoms with Gasteiger partial charge in [-0.25, -0.2) is 0 Å². The fraction of sp³-hybridized carbons (Fsp3) is 0.571. The van der Waals surface area contributed by atoms with Crippen molar-refractivity contribution in [2.24, 2.45) is 11.7 Å². The first-order valence-corrected chi connectivity index (χ1v) is 7.05. The highest BCUT2D eigenvalue weighted by molar-refractivity contribution is 9.10. The van der Waals surface area contributed by atoms with Gasteiger partial charge in [0.25, 0.3) is 0 Å². The van der Waals surface area contributed by atoms with E-state index in [-0.39, 0.29) is 6.04 Å². The van der Waals surface area contributed by atoms with E-state index in [1.54, 1.807) is 0 Å². The van der Waals surface area contributed by atoms with E-state index in [0.29, 0.717) is 5.92 Å². The molecular weight excluding hydrogens is 276 g/mol. The third-order valence-electron chi connectivity index (χ3n) is 2.79.